The molecule has 0 saturated carbocycles. The van der Waals surface area contributed by atoms with Crippen LogP contribution in [0.2, 0.25) is 0 Å². The summed E-state index contributed by atoms with van der Waals surface area (Å²) in [5.74, 6) is 0.239. The van der Waals surface area contributed by atoms with Crippen LogP contribution in [0.5, 0.6) is 5.75 Å². The number of benzene rings is 3. The molecule has 0 atom stereocenters. The summed E-state index contributed by atoms with van der Waals surface area (Å²) in [6.45, 7) is 0. The van der Waals surface area contributed by atoms with Crippen LogP contribution in [0.15, 0.2) is 97.2 Å². The van der Waals surface area contributed by atoms with Crippen molar-refractivity contribution < 1.29 is 5.11 Å². The Morgan fingerprint density at radius 3 is 1.80 bits per heavy atom. The van der Waals surface area contributed by atoms with Gasteiger partial charge in [-0.05, 0) is 12.1 Å². The number of rotatable bonds is 2. The Kier molecular flexibility index (Phi) is 6.31. The van der Waals surface area contributed by atoms with Crippen molar-refractivity contribution in [1.29, 1.82) is 0 Å². The fourth-order valence-corrected chi connectivity index (χ4v) is 7.83. The fraction of sp³-hybridized carbons (Fsp3) is 0. The summed E-state index contributed by atoms with van der Waals surface area (Å²) in [6.07, 6.45) is 1.67. The number of hydrogen-bond donors (Lipinski definition) is 1. The second-order valence-corrected chi connectivity index (χ2v) is 13.0. The van der Waals surface area contributed by atoms with Gasteiger partial charge in [0.1, 0.15) is 11.3 Å². The van der Waals surface area contributed by atoms with Gasteiger partial charge in [0, 0.05) is 11.6 Å². The minimum absolute atomic E-state index is 0.239. The molecule has 4 rings (SSSR count). The summed E-state index contributed by atoms with van der Waals surface area (Å²) in [5.41, 5.74) is 0.662. The molecule has 1 radical (unpaired) electrons. The van der Waals surface area contributed by atoms with E-state index in [9.17, 15) is 5.11 Å². The van der Waals surface area contributed by atoms with Crippen molar-refractivity contribution in [3.63, 3.8) is 0 Å². The molecule has 1 heterocycles. The van der Waals surface area contributed by atoms with E-state index < -0.39 is 18.6 Å². The van der Waals surface area contributed by atoms with E-state index in [1.165, 1.54) is 7.16 Å². The summed E-state index contributed by atoms with van der Waals surface area (Å²) < 4.78 is 2.67. The molecule has 3 aromatic carbocycles. The number of phenols is 1. The Labute approximate surface area is 158 Å². The van der Waals surface area contributed by atoms with Gasteiger partial charge in [-0.15, -0.1) is 0 Å². The standard InChI is InChI=1S/C9H7NO.2C6H5.ClH.Sn/c11-8-5-1-3-7-4-2-6-10-9(7)8;2*1-2-4-6-5-3-1;;/h1-6,11H;2*1-5H;1H;/q;;;;+1/p-1. The van der Waals surface area contributed by atoms with Crippen LogP contribution in [-0.2, 0) is 0 Å². The van der Waals surface area contributed by atoms with E-state index in [1.54, 1.807) is 18.3 Å². The number of fused-ring (bicyclic) bond motifs is 1. The van der Waals surface area contributed by atoms with Gasteiger partial charge in [-0.1, -0.05) is 18.2 Å². The Balaban J connectivity index is 0.000000150. The first-order valence-corrected chi connectivity index (χ1v) is 14.4. The van der Waals surface area contributed by atoms with E-state index in [0.29, 0.717) is 5.52 Å². The number of para-hydroxylation sites is 1. The van der Waals surface area contributed by atoms with Crippen LogP contribution in [0, 0.1) is 0 Å². The molecule has 0 fully saturated rings. The molecule has 123 valence electrons. The summed E-state index contributed by atoms with van der Waals surface area (Å²) >= 11 is -2.03. The molecule has 2 nitrogen and oxygen atoms in total. The van der Waals surface area contributed by atoms with E-state index in [2.05, 4.69) is 53.5 Å². The van der Waals surface area contributed by atoms with E-state index >= 15 is 0 Å². The predicted molar refractivity (Wildman–Crippen MR) is 107 cm³/mol. The van der Waals surface area contributed by atoms with Gasteiger partial charge in [0.25, 0.3) is 0 Å². The first-order chi connectivity index (χ1) is 12.3. The first kappa shape index (κ1) is 17.8. The summed E-state index contributed by atoms with van der Waals surface area (Å²) in [7, 11) is 6.53. The molecule has 4 heteroatoms. The molecule has 0 aliphatic heterocycles. The van der Waals surface area contributed by atoms with Crippen LogP contribution < -0.4 is 7.16 Å². The zero-order valence-corrected chi connectivity index (χ0v) is 17.1. The van der Waals surface area contributed by atoms with Gasteiger partial charge in [-0.2, -0.15) is 0 Å². The SMILES string of the molecule is Oc1cccc2cccnc12.[Cl][Sn]([c]1ccccc1)[c]1ccccc1. The second-order valence-electron chi connectivity index (χ2n) is 5.40. The Bertz CT molecular complexity index is 887. The summed E-state index contributed by atoms with van der Waals surface area (Å²) in [5, 5.41) is 10.3. The van der Waals surface area contributed by atoms with Gasteiger partial charge in [0.05, 0.1) is 0 Å². The number of hydrogen-bond acceptors (Lipinski definition) is 2. The molecular formula is C21H17ClNOSn. The maximum absolute atomic E-state index is 9.31. The zero-order valence-electron chi connectivity index (χ0n) is 13.5. The van der Waals surface area contributed by atoms with Crippen LogP contribution in [0.4, 0.5) is 0 Å². The van der Waals surface area contributed by atoms with Gasteiger partial charge in [0.15, 0.2) is 0 Å². The van der Waals surface area contributed by atoms with Gasteiger partial charge in [-0.3, -0.25) is 4.98 Å². The number of aromatic nitrogens is 1. The summed E-state index contributed by atoms with van der Waals surface area (Å²) in [6, 6.07) is 29.9. The van der Waals surface area contributed by atoms with Crippen LogP contribution in [0.3, 0.4) is 0 Å². The summed E-state index contributed by atoms with van der Waals surface area (Å²) in [4.78, 5) is 4.03. The topological polar surface area (TPSA) is 33.1 Å². The molecule has 25 heavy (non-hydrogen) atoms. The molecule has 4 aromatic rings. The minimum atomic E-state index is -2.03. The third-order valence-corrected chi connectivity index (χ3v) is 11.4. The molecule has 0 saturated heterocycles. The van der Waals surface area contributed by atoms with Crippen LogP contribution >= 0.6 is 8.92 Å². The van der Waals surface area contributed by atoms with Crippen molar-refractivity contribution in [2.24, 2.45) is 0 Å². The third kappa shape index (κ3) is 4.74. The predicted octanol–water partition coefficient (Wildman–Crippen LogP) is 3.97. The number of halogens is 1. The van der Waals surface area contributed by atoms with Crippen molar-refractivity contribution in [2.45, 2.75) is 0 Å². The number of phenolic OH excluding ortho intramolecular Hbond substituents is 1. The van der Waals surface area contributed by atoms with Gasteiger partial charge < -0.3 is 5.11 Å². The fourth-order valence-electron chi connectivity index (χ4n) is 2.42. The molecule has 0 amide bonds. The van der Waals surface area contributed by atoms with E-state index in [0.717, 1.165) is 5.39 Å². The average Bonchev–Trinajstić information content (AvgIpc) is 2.70. The van der Waals surface area contributed by atoms with Crippen LogP contribution in [0.1, 0.15) is 0 Å². The van der Waals surface area contributed by atoms with Crippen LogP contribution in [-0.4, -0.2) is 28.7 Å². The van der Waals surface area contributed by atoms with Crippen molar-refractivity contribution in [3.8, 4) is 5.75 Å². The first-order valence-electron chi connectivity index (χ1n) is 7.92. The Hall–Kier alpha value is -2.04. The molecule has 0 unspecified atom stereocenters. The van der Waals surface area contributed by atoms with Crippen molar-refractivity contribution >= 4 is 45.6 Å². The molecule has 1 N–H and O–H groups in total. The number of aromatic hydroxyl groups is 1. The Morgan fingerprint density at radius 2 is 1.24 bits per heavy atom. The normalized spacial score (nSPS) is 10.3. The average molecular weight is 454 g/mol. The van der Waals surface area contributed by atoms with Gasteiger partial charge in [-0.25, -0.2) is 0 Å². The number of nitrogens with zero attached hydrogens (tertiary/aromatic N) is 1. The monoisotopic (exact) mass is 454 g/mol. The van der Waals surface area contributed by atoms with Crippen molar-refractivity contribution in [3.05, 3.63) is 97.2 Å². The molecule has 0 aliphatic carbocycles. The molecule has 0 aliphatic rings. The van der Waals surface area contributed by atoms with E-state index in [1.807, 2.05) is 30.3 Å². The molecule has 0 spiro atoms. The molecule has 0 bridgehead atoms. The molecular weight excluding hydrogens is 436 g/mol. The maximum atomic E-state index is 9.31. The Morgan fingerprint density at radius 1 is 0.680 bits per heavy atom. The van der Waals surface area contributed by atoms with E-state index in [4.69, 9.17) is 8.92 Å². The van der Waals surface area contributed by atoms with Crippen LogP contribution in [0.25, 0.3) is 10.9 Å². The van der Waals surface area contributed by atoms with E-state index in [-0.39, 0.29) is 5.75 Å². The molecule has 1 aromatic heterocycles. The van der Waals surface area contributed by atoms with Gasteiger partial charge in [0.2, 0.25) is 0 Å². The van der Waals surface area contributed by atoms with Crippen molar-refractivity contribution in [2.75, 3.05) is 0 Å². The van der Waals surface area contributed by atoms with Crippen molar-refractivity contribution in [1.82, 2.24) is 4.98 Å². The third-order valence-electron chi connectivity index (χ3n) is 3.67. The zero-order chi connectivity index (χ0) is 17.5. The quantitative estimate of drug-likeness (QED) is 0.466. The van der Waals surface area contributed by atoms with Gasteiger partial charge >= 0.3 is 95.4 Å². The number of pyridine rings is 1. The second kappa shape index (κ2) is 8.88.